The molecule has 0 aliphatic heterocycles. The molecule has 0 fully saturated rings. The smallest absolute Gasteiger partial charge is 0.0486 e. The predicted octanol–water partition coefficient (Wildman–Crippen LogP) is 4.83. The van der Waals surface area contributed by atoms with Crippen molar-refractivity contribution < 1.29 is 4.74 Å². The highest BCUT2D eigenvalue weighted by Gasteiger charge is 2.08. The summed E-state index contributed by atoms with van der Waals surface area (Å²) in [6, 6.07) is 17.6. The molecule has 2 aromatic carbocycles. The van der Waals surface area contributed by atoms with Crippen LogP contribution in [0.5, 0.6) is 0 Å². The fraction of sp³-hybridized carbons (Fsp3) is 0.333. The summed E-state index contributed by atoms with van der Waals surface area (Å²) in [5.74, 6) is 0. The van der Waals surface area contributed by atoms with Crippen molar-refractivity contribution in [2.24, 2.45) is 0 Å². The van der Waals surface area contributed by atoms with E-state index in [4.69, 9.17) is 4.74 Å². The molecule has 0 N–H and O–H groups in total. The molecule has 0 bridgehead atoms. The summed E-state index contributed by atoms with van der Waals surface area (Å²) in [5.41, 5.74) is 5.52. The number of methoxy groups -OCH3 is 1. The molecule has 1 heterocycles. The average Bonchev–Trinajstić information content (AvgIpc) is 2.93. The van der Waals surface area contributed by atoms with Gasteiger partial charge in [0, 0.05) is 37.4 Å². The van der Waals surface area contributed by atoms with Crippen molar-refractivity contribution in [2.75, 3.05) is 13.7 Å². The molecule has 0 unspecified atom stereocenters. The van der Waals surface area contributed by atoms with Gasteiger partial charge in [-0.05, 0) is 42.0 Å². The Balaban J connectivity index is 1.91. The lowest BCUT2D eigenvalue weighted by Crippen LogP contribution is -2.00. The Morgan fingerprint density at radius 3 is 2.57 bits per heavy atom. The quantitative estimate of drug-likeness (QED) is 0.570. The Morgan fingerprint density at radius 1 is 1.00 bits per heavy atom. The Morgan fingerprint density at radius 2 is 1.83 bits per heavy atom. The van der Waals surface area contributed by atoms with Crippen molar-refractivity contribution in [2.45, 2.75) is 32.7 Å². The molecular weight excluding hydrogens is 282 g/mol. The minimum Gasteiger partial charge on any atom is -0.385 e. The molecule has 3 rings (SSSR count). The molecule has 120 valence electrons. The summed E-state index contributed by atoms with van der Waals surface area (Å²) in [4.78, 5) is 0. The Labute approximate surface area is 138 Å². The molecule has 0 aliphatic rings. The Kier molecular flexibility index (Phi) is 5.14. The second kappa shape index (κ2) is 7.47. The summed E-state index contributed by atoms with van der Waals surface area (Å²) in [7, 11) is 1.77. The first-order chi connectivity index (χ1) is 11.3. The fourth-order valence-corrected chi connectivity index (χ4v) is 3.20. The van der Waals surface area contributed by atoms with Crippen molar-refractivity contribution in [3.8, 4) is 0 Å². The van der Waals surface area contributed by atoms with Crippen LogP contribution in [0.4, 0.5) is 0 Å². The molecule has 2 heteroatoms. The molecule has 23 heavy (non-hydrogen) atoms. The van der Waals surface area contributed by atoms with Crippen LogP contribution in [0.25, 0.3) is 10.9 Å². The third-order valence-electron chi connectivity index (χ3n) is 4.41. The molecule has 0 amide bonds. The second-order valence-corrected chi connectivity index (χ2v) is 6.06. The maximum absolute atomic E-state index is 5.20. The van der Waals surface area contributed by atoms with E-state index in [1.165, 1.54) is 27.6 Å². The van der Waals surface area contributed by atoms with Crippen LogP contribution in [-0.4, -0.2) is 18.3 Å². The number of ether oxygens (including phenoxy) is 1. The Hall–Kier alpha value is -2.06. The van der Waals surface area contributed by atoms with Crippen LogP contribution in [-0.2, 0) is 24.1 Å². The topological polar surface area (TPSA) is 14.2 Å². The minimum atomic E-state index is 0.810. The number of aryl methyl sites for hydroxylation is 2. The van der Waals surface area contributed by atoms with E-state index in [1.54, 1.807) is 7.11 Å². The number of rotatable bonds is 7. The lowest BCUT2D eigenvalue weighted by Gasteiger charge is -2.07. The van der Waals surface area contributed by atoms with Crippen molar-refractivity contribution in [3.05, 3.63) is 71.4 Å². The van der Waals surface area contributed by atoms with E-state index < -0.39 is 0 Å². The van der Waals surface area contributed by atoms with Gasteiger partial charge in [-0.3, -0.25) is 0 Å². The average molecular weight is 307 g/mol. The van der Waals surface area contributed by atoms with Crippen LogP contribution < -0.4 is 0 Å². The number of hydrogen-bond acceptors (Lipinski definition) is 1. The normalized spacial score (nSPS) is 11.2. The Bertz CT molecular complexity index is 758. The van der Waals surface area contributed by atoms with Gasteiger partial charge < -0.3 is 9.30 Å². The molecule has 2 nitrogen and oxygen atoms in total. The number of fused-ring (bicyclic) bond motifs is 1. The first-order valence-electron chi connectivity index (χ1n) is 8.45. The molecule has 0 radical (unpaired) electrons. The van der Waals surface area contributed by atoms with Crippen LogP contribution in [0.15, 0.2) is 54.7 Å². The van der Waals surface area contributed by atoms with E-state index in [9.17, 15) is 0 Å². The van der Waals surface area contributed by atoms with Gasteiger partial charge in [0.15, 0.2) is 0 Å². The summed E-state index contributed by atoms with van der Waals surface area (Å²) < 4.78 is 7.59. The number of benzene rings is 2. The van der Waals surface area contributed by atoms with Crippen LogP contribution in [0.1, 0.15) is 30.0 Å². The van der Waals surface area contributed by atoms with E-state index in [1.807, 2.05) is 0 Å². The fourth-order valence-electron chi connectivity index (χ4n) is 3.20. The number of aromatic nitrogens is 1. The van der Waals surface area contributed by atoms with Gasteiger partial charge in [0.25, 0.3) is 0 Å². The van der Waals surface area contributed by atoms with Crippen molar-refractivity contribution >= 4 is 10.9 Å². The molecule has 0 saturated heterocycles. The zero-order chi connectivity index (χ0) is 16.1. The molecule has 0 aliphatic carbocycles. The molecule has 0 atom stereocenters. The maximum Gasteiger partial charge on any atom is 0.0486 e. The van der Waals surface area contributed by atoms with Crippen LogP contribution in [0, 0.1) is 0 Å². The van der Waals surface area contributed by atoms with Gasteiger partial charge in [-0.25, -0.2) is 0 Å². The zero-order valence-electron chi connectivity index (χ0n) is 14.1. The van der Waals surface area contributed by atoms with E-state index in [0.717, 1.165) is 32.4 Å². The third kappa shape index (κ3) is 3.65. The first kappa shape index (κ1) is 15.8. The summed E-state index contributed by atoms with van der Waals surface area (Å²) in [5, 5.41) is 1.39. The largest absolute Gasteiger partial charge is 0.385 e. The minimum absolute atomic E-state index is 0.810. The summed E-state index contributed by atoms with van der Waals surface area (Å²) in [6.07, 6.45) is 5.42. The molecule has 0 saturated carbocycles. The SMILES string of the molecule is CCc1cn(CCCOC)c2cc(Cc3ccccc3)ccc12. The molecule has 0 spiro atoms. The second-order valence-electron chi connectivity index (χ2n) is 6.06. The summed E-state index contributed by atoms with van der Waals surface area (Å²) in [6.45, 7) is 4.05. The highest BCUT2D eigenvalue weighted by Crippen LogP contribution is 2.25. The van der Waals surface area contributed by atoms with Crippen LogP contribution in [0.2, 0.25) is 0 Å². The monoisotopic (exact) mass is 307 g/mol. The van der Waals surface area contributed by atoms with E-state index in [0.29, 0.717) is 0 Å². The lowest BCUT2D eigenvalue weighted by atomic mass is 10.0. The highest BCUT2D eigenvalue weighted by atomic mass is 16.5. The number of nitrogens with zero attached hydrogens (tertiary/aromatic N) is 1. The maximum atomic E-state index is 5.20. The van der Waals surface area contributed by atoms with Crippen molar-refractivity contribution in [1.29, 1.82) is 0 Å². The van der Waals surface area contributed by atoms with Gasteiger partial charge in [-0.1, -0.05) is 49.4 Å². The van der Waals surface area contributed by atoms with Crippen molar-refractivity contribution in [3.63, 3.8) is 0 Å². The zero-order valence-corrected chi connectivity index (χ0v) is 14.1. The highest BCUT2D eigenvalue weighted by molar-refractivity contribution is 5.84. The first-order valence-corrected chi connectivity index (χ1v) is 8.45. The molecule has 1 aromatic heterocycles. The van der Waals surface area contributed by atoms with Crippen molar-refractivity contribution in [1.82, 2.24) is 4.57 Å². The van der Waals surface area contributed by atoms with Crippen LogP contribution in [0.3, 0.4) is 0 Å². The van der Waals surface area contributed by atoms with E-state index in [2.05, 4.69) is 66.2 Å². The van der Waals surface area contributed by atoms with Gasteiger partial charge in [0.2, 0.25) is 0 Å². The predicted molar refractivity (Wildman–Crippen MR) is 97.1 cm³/mol. The standard InChI is InChI=1S/C21H25NO/c1-3-19-16-22(12-7-13-23-2)21-15-18(10-11-20(19)21)14-17-8-5-4-6-9-17/h4-6,8-11,15-16H,3,7,12-14H2,1-2H3. The third-order valence-corrected chi connectivity index (χ3v) is 4.41. The van der Waals surface area contributed by atoms with E-state index in [-0.39, 0.29) is 0 Å². The van der Waals surface area contributed by atoms with Gasteiger partial charge in [-0.2, -0.15) is 0 Å². The van der Waals surface area contributed by atoms with Gasteiger partial charge >= 0.3 is 0 Å². The van der Waals surface area contributed by atoms with Gasteiger partial charge in [-0.15, -0.1) is 0 Å². The summed E-state index contributed by atoms with van der Waals surface area (Å²) >= 11 is 0. The van der Waals surface area contributed by atoms with Crippen LogP contribution >= 0.6 is 0 Å². The molecular formula is C21H25NO. The number of hydrogen-bond donors (Lipinski definition) is 0. The lowest BCUT2D eigenvalue weighted by molar-refractivity contribution is 0.190. The molecule has 3 aromatic rings. The van der Waals surface area contributed by atoms with Gasteiger partial charge in [0.05, 0.1) is 0 Å². The van der Waals surface area contributed by atoms with Gasteiger partial charge in [0.1, 0.15) is 0 Å². The van der Waals surface area contributed by atoms with E-state index >= 15 is 0 Å².